The summed E-state index contributed by atoms with van der Waals surface area (Å²) in [6.45, 7) is 4.93. The molecule has 0 aromatic carbocycles. The first-order valence-corrected chi connectivity index (χ1v) is 7.85. The van der Waals surface area contributed by atoms with Gasteiger partial charge >= 0.3 is 12.1 Å². The first kappa shape index (κ1) is 21.1. The fourth-order valence-electron chi connectivity index (χ4n) is 2.51. The number of pyridine rings is 1. The van der Waals surface area contributed by atoms with E-state index in [1.807, 2.05) is 13.8 Å². The van der Waals surface area contributed by atoms with E-state index in [1.165, 1.54) is 4.90 Å². The fourth-order valence-corrected chi connectivity index (χ4v) is 2.51. The van der Waals surface area contributed by atoms with Crippen molar-refractivity contribution < 1.29 is 31.5 Å². The highest BCUT2D eigenvalue weighted by Crippen LogP contribution is 2.37. The Kier molecular flexibility index (Phi) is 6.73. The zero-order valence-corrected chi connectivity index (χ0v) is 14.5. The first-order valence-electron chi connectivity index (χ1n) is 7.85. The Bertz CT molecular complexity index is 607. The van der Waals surface area contributed by atoms with Crippen molar-refractivity contribution in [2.24, 2.45) is 0 Å². The van der Waals surface area contributed by atoms with Crippen LogP contribution in [0.4, 0.5) is 27.8 Å². The third kappa shape index (κ3) is 4.79. The number of hydrogen-bond donors (Lipinski definition) is 0. The van der Waals surface area contributed by atoms with Crippen molar-refractivity contribution >= 4 is 11.8 Å². The van der Waals surface area contributed by atoms with Gasteiger partial charge in [-0.15, -0.1) is 0 Å². The molecule has 0 radical (unpaired) electrons. The van der Waals surface area contributed by atoms with Gasteiger partial charge in [0.1, 0.15) is 11.4 Å². The van der Waals surface area contributed by atoms with E-state index < -0.39 is 36.5 Å². The summed E-state index contributed by atoms with van der Waals surface area (Å²) >= 11 is 0. The van der Waals surface area contributed by atoms with Gasteiger partial charge in [-0.25, -0.2) is 18.6 Å². The second-order valence-corrected chi connectivity index (χ2v) is 5.33. The van der Waals surface area contributed by atoms with Crippen LogP contribution in [-0.2, 0) is 10.9 Å². The molecular formula is C16H21F5N2O2. The van der Waals surface area contributed by atoms with Crippen LogP contribution in [0.25, 0.3) is 0 Å². The maximum Gasteiger partial charge on any atom is 0.418 e. The third-order valence-electron chi connectivity index (χ3n) is 3.81. The minimum absolute atomic E-state index is 0.0575. The number of nitrogens with zero attached hydrogens (tertiary/aromatic N) is 2. The van der Waals surface area contributed by atoms with Gasteiger partial charge in [0.05, 0.1) is 12.7 Å². The lowest BCUT2D eigenvalue weighted by molar-refractivity contribution is -0.138. The zero-order chi connectivity index (χ0) is 19.4. The Morgan fingerprint density at radius 2 is 1.76 bits per heavy atom. The number of esters is 1. The van der Waals surface area contributed by atoms with E-state index in [-0.39, 0.29) is 30.0 Å². The number of halogens is 5. The van der Waals surface area contributed by atoms with Crippen molar-refractivity contribution in [3.63, 3.8) is 0 Å². The molecular weight excluding hydrogens is 347 g/mol. The molecule has 1 aliphatic rings. The molecule has 1 fully saturated rings. The quantitative estimate of drug-likeness (QED) is 0.571. The van der Waals surface area contributed by atoms with Crippen molar-refractivity contribution in [1.29, 1.82) is 0 Å². The molecule has 0 atom stereocenters. The molecule has 0 amide bonds. The number of anilines is 1. The lowest BCUT2D eigenvalue weighted by atomic mass is 10.0. The van der Waals surface area contributed by atoms with Gasteiger partial charge in [-0.05, 0) is 12.5 Å². The van der Waals surface area contributed by atoms with Crippen LogP contribution in [0, 0.1) is 6.92 Å². The van der Waals surface area contributed by atoms with E-state index in [4.69, 9.17) is 0 Å². The van der Waals surface area contributed by atoms with Crippen LogP contribution in [0.15, 0.2) is 6.20 Å². The van der Waals surface area contributed by atoms with Gasteiger partial charge in [-0.1, -0.05) is 13.8 Å². The number of piperidine rings is 1. The van der Waals surface area contributed by atoms with Crippen molar-refractivity contribution in [2.45, 2.75) is 45.7 Å². The first-order chi connectivity index (χ1) is 11.6. The van der Waals surface area contributed by atoms with Crippen LogP contribution in [-0.4, -0.2) is 37.1 Å². The molecule has 2 heterocycles. The van der Waals surface area contributed by atoms with E-state index in [0.29, 0.717) is 6.20 Å². The molecule has 0 unspecified atom stereocenters. The second-order valence-electron chi connectivity index (χ2n) is 5.33. The van der Waals surface area contributed by atoms with Crippen molar-refractivity contribution in [3.8, 4) is 0 Å². The van der Waals surface area contributed by atoms with E-state index in [1.54, 1.807) is 0 Å². The summed E-state index contributed by atoms with van der Waals surface area (Å²) in [6.07, 6.45) is -4.96. The molecule has 142 valence electrons. The van der Waals surface area contributed by atoms with Crippen LogP contribution < -0.4 is 4.90 Å². The average molecular weight is 368 g/mol. The molecule has 1 aliphatic heterocycles. The normalized spacial score (nSPS) is 16.8. The summed E-state index contributed by atoms with van der Waals surface area (Å²) in [5.41, 5.74) is -1.72. The standard InChI is InChI=1S/C14H15F5N2O2.C2H6/c1-8-9(14(17,18)19)7-20-11(10(8)12(22)23-2)21-5-3-13(15,16)4-6-21;1-2/h7H,3-6H2,1-2H3;1-2H3. The molecule has 0 spiro atoms. The number of carbonyl (C=O) groups is 1. The summed E-state index contributed by atoms with van der Waals surface area (Å²) in [4.78, 5) is 17.0. The minimum atomic E-state index is -4.67. The maximum atomic E-state index is 13.2. The average Bonchev–Trinajstić information content (AvgIpc) is 2.54. The number of ether oxygens (including phenoxy) is 1. The van der Waals surface area contributed by atoms with Gasteiger partial charge in [0.2, 0.25) is 0 Å². The Balaban J connectivity index is 0.00000151. The topological polar surface area (TPSA) is 42.4 Å². The predicted octanol–water partition coefficient (Wildman–Crippen LogP) is 4.46. The molecule has 1 saturated heterocycles. The highest BCUT2D eigenvalue weighted by atomic mass is 19.4. The van der Waals surface area contributed by atoms with Gasteiger partial charge < -0.3 is 9.64 Å². The van der Waals surface area contributed by atoms with E-state index in [0.717, 1.165) is 14.0 Å². The van der Waals surface area contributed by atoms with Crippen LogP contribution in [0.3, 0.4) is 0 Å². The Morgan fingerprint density at radius 3 is 2.20 bits per heavy atom. The number of alkyl halides is 5. The highest BCUT2D eigenvalue weighted by molar-refractivity contribution is 5.96. The summed E-state index contributed by atoms with van der Waals surface area (Å²) in [5, 5.41) is 0. The molecule has 0 saturated carbocycles. The molecule has 9 heteroatoms. The third-order valence-corrected chi connectivity index (χ3v) is 3.81. The van der Waals surface area contributed by atoms with Crippen molar-refractivity contribution in [3.05, 3.63) is 22.9 Å². The Morgan fingerprint density at radius 1 is 1.24 bits per heavy atom. The van der Waals surface area contributed by atoms with Crippen LogP contribution in [0.2, 0.25) is 0 Å². The highest BCUT2D eigenvalue weighted by Gasteiger charge is 2.39. The van der Waals surface area contributed by atoms with Gasteiger partial charge in [0.25, 0.3) is 5.92 Å². The molecule has 0 bridgehead atoms. The summed E-state index contributed by atoms with van der Waals surface area (Å²) < 4.78 is 69.9. The van der Waals surface area contributed by atoms with Crippen LogP contribution >= 0.6 is 0 Å². The predicted molar refractivity (Wildman–Crippen MR) is 83.1 cm³/mol. The van der Waals surface area contributed by atoms with Gasteiger partial charge in [-0.2, -0.15) is 13.2 Å². The molecule has 1 aromatic heterocycles. The van der Waals surface area contributed by atoms with E-state index >= 15 is 0 Å². The van der Waals surface area contributed by atoms with Crippen molar-refractivity contribution in [2.75, 3.05) is 25.1 Å². The second kappa shape index (κ2) is 7.97. The number of hydrogen-bond acceptors (Lipinski definition) is 4. The zero-order valence-electron chi connectivity index (χ0n) is 14.5. The summed E-state index contributed by atoms with van der Waals surface area (Å²) in [5.74, 6) is -3.85. The molecule has 25 heavy (non-hydrogen) atoms. The van der Waals surface area contributed by atoms with Gasteiger partial charge in [-0.3, -0.25) is 0 Å². The molecule has 4 nitrogen and oxygen atoms in total. The lowest BCUT2D eigenvalue weighted by Crippen LogP contribution is -2.40. The summed E-state index contributed by atoms with van der Waals surface area (Å²) in [6, 6.07) is 0. The number of rotatable bonds is 2. The maximum absolute atomic E-state index is 13.2. The monoisotopic (exact) mass is 368 g/mol. The fraction of sp³-hybridized carbons (Fsp3) is 0.625. The number of carbonyl (C=O) groups excluding carboxylic acids is 1. The molecule has 1 aromatic rings. The largest absolute Gasteiger partial charge is 0.465 e. The smallest absolute Gasteiger partial charge is 0.418 e. The number of aromatic nitrogens is 1. The number of methoxy groups -OCH3 is 1. The summed E-state index contributed by atoms with van der Waals surface area (Å²) in [7, 11) is 1.04. The molecule has 0 N–H and O–H groups in total. The Labute approximate surface area is 143 Å². The molecule has 2 rings (SSSR count). The van der Waals surface area contributed by atoms with Crippen LogP contribution in [0.1, 0.15) is 48.2 Å². The van der Waals surface area contributed by atoms with Gasteiger partial charge in [0.15, 0.2) is 0 Å². The van der Waals surface area contributed by atoms with E-state index in [9.17, 15) is 26.7 Å². The SMILES string of the molecule is CC.COC(=O)c1c(N2CCC(F)(F)CC2)ncc(C(F)(F)F)c1C. The molecule has 0 aliphatic carbocycles. The Hall–Kier alpha value is -1.93. The van der Waals surface area contributed by atoms with Gasteiger partial charge in [0, 0.05) is 32.1 Å². The van der Waals surface area contributed by atoms with Crippen molar-refractivity contribution in [1.82, 2.24) is 4.98 Å². The minimum Gasteiger partial charge on any atom is -0.465 e. The van der Waals surface area contributed by atoms with E-state index in [2.05, 4.69) is 9.72 Å². The lowest BCUT2D eigenvalue weighted by Gasteiger charge is -2.33. The van der Waals surface area contributed by atoms with Crippen LogP contribution in [0.5, 0.6) is 0 Å².